The van der Waals surface area contributed by atoms with E-state index in [2.05, 4.69) is 10.7 Å². The van der Waals surface area contributed by atoms with Crippen molar-refractivity contribution in [3.8, 4) is 0 Å². The van der Waals surface area contributed by atoms with Crippen LogP contribution in [-0.4, -0.2) is 0 Å². The second-order valence-corrected chi connectivity index (χ2v) is 3.93. The second kappa shape index (κ2) is 2.18. The normalized spacial score (nSPS) is 14.7. The molecule has 0 aromatic rings. The summed E-state index contributed by atoms with van der Waals surface area (Å²) < 4.78 is 32.1. The van der Waals surface area contributed by atoms with Crippen LogP contribution in [0.15, 0.2) is 0 Å². The van der Waals surface area contributed by atoms with Gasteiger partial charge in [-0.3, -0.25) is 0 Å². The summed E-state index contributed by atoms with van der Waals surface area (Å²) in [7, 11) is -1.24. The summed E-state index contributed by atoms with van der Waals surface area (Å²) in [6.45, 7) is 0. The predicted octanol–water partition coefficient (Wildman–Crippen LogP) is 3.25. The highest BCUT2D eigenvalue weighted by molar-refractivity contribution is 8.95. The van der Waals surface area contributed by atoms with Crippen molar-refractivity contribution in [2.24, 2.45) is 0 Å². The molecular formula is ClF3S2. The van der Waals surface area contributed by atoms with Gasteiger partial charge in [-0.25, -0.2) is 0 Å². The number of hydrogen-bond acceptors (Lipinski definition) is 1. The van der Waals surface area contributed by atoms with Crippen molar-refractivity contribution in [3.05, 3.63) is 0 Å². The average molecular weight is 157 g/mol. The van der Waals surface area contributed by atoms with Gasteiger partial charge in [0.25, 0.3) is 10.2 Å². The zero-order chi connectivity index (χ0) is 5.21. The second-order valence-electron chi connectivity index (χ2n) is 0.427. The molecule has 0 aromatic carbocycles. The minimum absolute atomic E-state index is 0.562. The van der Waals surface area contributed by atoms with E-state index in [1.54, 1.807) is 0 Å². The molecule has 0 atom stereocenters. The molecule has 0 aliphatic heterocycles. The molecule has 0 heterocycles. The lowest BCUT2D eigenvalue weighted by atomic mass is 18.8. The van der Waals surface area contributed by atoms with Gasteiger partial charge in [0, 0.05) is 0 Å². The molecule has 0 saturated heterocycles. The first-order chi connectivity index (χ1) is 2.56. The van der Waals surface area contributed by atoms with Gasteiger partial charge < -0.3 is 0 Å². The molecule has 6 heteroatoms. The van der Waals surface area contributed by atoms with E-state index < -0.39 is 20.2 Å². The lowest BCUT2D eigenvalue weighted by Gasteiger charge is -1.98. The Hall–Kier alpha value is 0.780. The molecule has 0 N–H and O–H groups in total. The first-order valence-electron chi connectivity index (χ1n) is 0.784. The number of rotatable bonds is 1. The van der Waals surface area contributed by atoms with Gasteiger partial charge in [0.1, 0.15) is 0 Å². The molecule has 0 spiro atoms. The molecule has 0 bridgehead atoms. The van der Waals surface area contributed by atoms with Crippen LogP contribution in [0, 0.1) is 0 Å². The largest absolute Gasteiger partial charge is 0.276 e. The lowest BCUT2D eigenvalue weighted by Crippen LogP contribution is -1.50. The smallest absolute Gasteiger partial charge is 0.112 e. The quantitative estimate of drug-likeness (QED) is 0.526. The molecule has 0 rings (SSSR count). The molecule has 0 amide bonds. The van der Waals surface area contributed by atoms with E-state index in [1.165, 1.54) is 0 Å². The molecule has 40 valence electrons. The Morgan fingerprint density at radius 3 is 1.50 bits per heavy atom. The maximum absolute atomic E-state index is 10.7. The predicted molar refractivity (Wildman–Crippen MR) is 24.4 cm³/mol. The van der Waals surface area contributed by atoms with Gasteiger partial charge >= 0.3 is 0 Å². The van der Waals surface area contributed by atoms with E-state index in [1.807, 2.05) is 0 Å². The van der Waals surface area contributed by atoms with Crippen LogP contribution >= 0.6 is 30.9 Å². The van der Waals surface area contributed by atoms with E-state index in [9.17, 15) is 11.7 Å². The van der Waals surface area contributed by atoms with Crippen molar-refractivity contribution in [1.29, 1.82) is 0 Å². The summed E-state index contributed by atoms with van der Waals surface area (Å²) in [6.07, 6.45) is 0. The van der Waals surface area contributed by atoms with E-state index in [0.717, 1.165) is 0 Å². The fourth-order valence-corrected chi connectivity index (χ4v) is 0. The standard InChI is InChI=1S/ClF3S2/c1-5-6(2,3)4. The van der Waals surface area contributed by atoms with Crippen molar-refractivity contribution < 1.29 is 11.7 Å². The molecule has 0 aliphatic rings. The highest BCUT2D eigenvalue weighted by Crippen LogP contribution is 2.66. The first-order valence-corrected chi connectivity index (χ1v) is 4.28. The van der Waals surface area contributed by atoms with Gasteiger partial charge in [0.2, 0.25) is 0 Å². The fourth-order valence-electron chi connectivity index (χ4n) is 0. The van der Waals surface area contributed by atoms with Crippen LogP contribution in [-0.2, 0) is 0 Å². The summed E-state index contributed by atoms with van der Waals surface area (Å²) in [5, 5.41) is 0. The fraction of sp³-hybridized carbons (Fsp3) is 0. The third-order valence-corrected chi connectivity index (χ3v) is 1.93. The Labute approximate surface area is 43.1 Å². The van der Waals surface area contributed by atoms with Gasteiger partial charge in [0.15, 0.2) is 0 Å². The summed E-state index contributed by atoms with van der Waals surface area (Å²) in [5.74, 6) is 0. The molecule has 0 saturated carbocycles. The van der Waals surface area contributed by atoms with Crippen LogP contribution in [0.3, 0.4) is 0 Å². The Morgan fingerprint density at radius 1 is 1.33 bits per heavy atom. The van der Waals surface area contributed by atoms with Crippen LogP contribution < -0.4 is 0 Å². The highest BCUT2D eigenvalue weighted by atomic mass is 35.7. The number of halogens is 4. The van der Waals surface area contributed by atoms with E-state index >= 15 is 0 Å². The maximum Gasteiger partial charge on any atom is 0.276 e. The van der Waals surface area contributed by atoms with E-state index in [-0.39, 0.29) is 0 Å². The van der Waals surface area contributed by atoms with Gasteiger partial charge in [-0.05, 0) is 10.7 Å². The summed E-state index contributed by atoms with van der Waals surface area (Å²) >= 11 is 0. The monoisotopic (exact) mass is 156 g/mol. The molecule has 0 fully saturated rings. The third kappa shape index (κ3) is 4.78. The van der Waals surface area contributed by atoms with Crippen LogP contribution in [0.25, 0.3) is 0 Å². The zero-order valence-corrected chi connectivity index (χ0v) is 4.72. The Morgan fingerprint density at radius 2 is 1.50 bits per heavy atom. The molecule has 6 heavy (non-hydrogen) atoms. The molecule has 0 unspecified atom stereocenters. The van der Waals surface area contributed by atoms with E-state index in [4.69, 9.17) is 0 Å². The molecule has 0 radical (unpaired) electrons. The molecular weight excluding hydrogens is 157 g/mol. The van der Waals surface area contributed by atoms with Crippen LogP contribution in [0.5, 0.6) is 0 Å². The van der Waals surface area contributed by atoms with Crippen molar-refractivity contribution in [2.45, 2.75) is 0 Å². The van der Waals surface area contributed by atoms with Crippen LogP contribution in [0.1, 0.15) is 0 Å². The molecule has 0 aromatic heterocycles. The average Bonchev–Trinajstić information content (AvgIpc) is 1.35. The summed E-state index contributed by atoms with van der Waals surface area (Å²) in [6, 6.07) is 0. The van der Waals surface area contributed by atoms with Crippen molar-refractivity contribution >= 4 is 30.9 Å². The SMILES string of the molecule is FS(F)(F)SCl. The van der Waals surface area contributed by atoms with Gasteiger partial charge in [-0.2, -0.15) is 0 Å². The van der Waals surface area contributed by atoms with Crippen molar-refractivity contribution in [2.75, 3.05) is 0 Å². The Balaban J connectivity index is 3.17. The topological polar surface area (TPSA) is 0 Å². The highest BCUT2D eigenvalue weighted by Gasteiger charge is 2.19. The van der Waals surface area contributed by atoms with Gasteiger partial charge in [-0.15, -0.1) is 11.7 Å². The molecule has 0 aliphatic carbocycles. The Kier molecular flexibility index (Phi) is 2.47. The third-order valence-electron chi connectivity index (χ3n) is 0.0714. The van der Waals surface area contributed by atoms with E-state index in [0.29, 0.717) is 0 Å². The lowest BCUT2D eigenvalue weighted by molar-refractivity contribution is 0.667. The minimum Gasteiger partial charge on any atom is -0.112 e. The summed E-state index contributed by atoms with van der Waals surface area (Å²) in [4.78, 5) is 0. The zero-order valence-electron chi connectivity index (χ0n) is 2.33. The molecule has 0 nitrogen and oxygen atoms in total. The van der Waals surface area contributed by atoms with Crippen molar-refractivity contribution in [1.82, 2.24) is 0 Å². The number of hydrogen-bond donors (Lipinski definition) is 0. The minimum atomic E-state index is -4.98. The Bertz CT molecular complexity index is 38.5. The first kappa shape index (κ1) is 6.78. The van der Waals surface area contributed by atoms with Crippen LogP contribution in [0.2, 0.25) is 0 Å². The maximum atomic E-state index is 10.7. The van der Waals surface area contributed by atoms with Gasteiger partial charge in [0.05, 0.1) is 10.0 Å². The summed E-state index contributed by atoms with van der Waals surface area (Å²) in [5.41, 5.74) is 0. The van der Waals surface area contributed by atoms with Gasteiger partial charge in [-0.1, -0.05) is 0 Å². The van der Waals surface area contributed by atoms with Crippen LogP contribution in [0.4, 0.5) is 11.7 Å². The van der Waals surface area contributed by atoms with Crippen molar-refractivity contribution in [3.63, 3.8) is 0 Å².